The fourth-order valence-corrected chi connectivity index (χ4v) is 2.08. The van der Waals surface area contributed by atoms with Gasteiger partial charge in [-0.05, 0) is 29.8 Å². The van der Waals surface area contributed by atoms with Crippen LogP contribution in [0.1, 0.15) is 15.9 Å². The second kappa shape index (κ2) is 4.73. The molecule has 1 N–H and O–H groups in total. The summed E-state index contributed by atoms with van der Waals surface area (Å²) in [5, 5.41) is 17.1. The first-order chi connectivity index (χ1) is 9.65. The number of halogens is 1. The van der Waals surface area contributed by atoms with Crippen molar-refractivity contribution in [2.45, 2.75) is 6.54 Å². The molecule has 0 fully saturated rings. The molecule has 0 aliphatic heterocycles. The van der Waals surface area contributed by atoms with Crippen LogP contribution >= 0.6 is 0 Å². The summed E-state index contributed by atoms with van der Waals surface area (Å²) in [4.78, 5) is 11.2. The molecule has 0 spiro atoms. The van der Waals surface area contributed by atoms with Crippen LogP contribution in [0.4, 0.5) is 4.39 Å². The van der Waals surface area contributed by atoms with Crippen molar-refractivity contribution in [1.29, 1.82) is 0 Å². The van der Waals surface area contributed by atoms with Crippen molar-refractivity contribution in [3.05, 3.63) is 59.4 Å². The van der Waals surface area contributed by atoms with E-state index in [1.165, 1.54) is 22.9 Å². The highest BCUT2D eigenvalue weighted by Crippen LogP contribution is 2.18. The largest absolute Gasteiger partial charge is 0.478 e. The zero-order valence-corrected chi connectivity index (χ0v) is 10.3. The Morgan fingerprint density at radius 3 is 2.65 bits per heavy atom. The second-order valence-electron chi connectivity index (χ2n) is 4.35. The zero-order valence-electron chi connectivity index (χ0n) is 10.3. The third-order valence-electron chi connectivity index (χ3n) is 3.01. The maximum absolute atomic E-state index is 12.9. The van der Waals surface area contributed by atoms with Gasteiger partial charge in [-0.2, -0.15) is 0 Å². The Hall–Kier alpha value is -2.76. The predicted molar refractivity (Wildman–Crippen MR) is 70.0 cm³/mol. The van der Waals surface area contributed by atoms with E-state index in [2.05, 4.69) is 10.3 Å². The van der Waals surface area contributed by atoms with Crippen molar-refractivity contribution in [2.24, 2.45) is 0 Å². The molecule has 5 nitrogen and oxygen atoms in total. The zero-order chi connectivity index (χ0) is 14.1. The van der Waals surface area contributed by atoms with Crippen LogP contribution in [0.3, 0.4) is 0 Å². The minimum Gasteiger partial charge on any atom is -0.478 e. The standard InChI is InChI=1S/C14H10FN3O2/c15-10-6-4-9(5-7-10)8-18-13-11(14(19)20)2-1-3-12(13)16-17-18/h1-7H,8H2,(H,19,20). The highest BCUT2D eigenvalue weighted by molar-refractivity contribution is 6.00. The SMILES string of the molecule is O=C(O)c1cccc2nnn(Cc3ccc(F)cc3)c12. The lowest BCUT2D eigenvalue weighted by atomic mass is 10.1. The van der Waals surface area contributed by atoms with Gasteiger partial charge in [-0.15, -0.1) is 5.10 Å². The van der Waals surface area contributed by atoms with E-state index in [1.54, 1.807) is 24.3 Å². The monoisotopic (exact) mass is 271 g/mol. The van der Waals surface area contributed by atoms with Crippen molar-refractivity contribution >= 4 is 17.0 Å². The van der Waals surface area contributed by atoms with Crippen molar-refractivity contribution < 1.29 is 14.3 Å². The molecule has 100 valence electrons. The van der Waals surface area contributed by atoms with Gasteiger partial charge in [0.2, 0.25) is 0 Å². The Morgan fingerprint density at radius 2 is 1.95 bits per heavy atom. The first-order valence-electron chi connectivity index (χ1n) is 5.95. The number of carbonyl (C=O) groups is 1. The van der Waals surface area contributed by atoms with Crippen LogP contribution in [0.15, 0.2) is 42.5 Å². The van der Waals surface area contributed by atoms with E-state index >= 15 is 0 Å². The molecule has 0 bridgehead atoms. The summed E-state index contributed by atoms with van der Waals surface area (Å²) in [7, 11) is 0. The van der Waals surface area contributed by atoms with E-state index in [0.29, 0.717) is 17.6 Å². The number of aromatic nitrogens is 3. The lowest BCUT2D eigenvalue weighted by Gasteiger charge is -2.04. The van der Waals surface area contributed by atoms with Gasteiger partial charge in [-0.1, -0.05) is 23.4 Å². The Bertz CT molecular complexity index is 781. The van der Waals surface area contributed by atoms with E-state index in [1.807, 2.05) is 0 Å². The molecule has 0 saturated carbocycles. The highest BCUT2D eigenvalue weighted by Gasteiger charge is 2.14. The first-order valence-corrected chi connectivity index (χ1v) is 5.95. The highest BCUT2D eigenvalue weighted by atomic mass is 19.1. The number of hydrogen-bond donors (Lipinski definition) is 1. The minimum atomic E-state index is -1.03. The van der Waals surface area contributed by atoms with Gasteiger partial charge in [0, 0.05) is 0 Å². The van der Waals surface area contributed by atoms with E-state index in [4.69, 9.17) is 0 Å². The van der Waals surface area contributed by atoms with Crippen molar-refractivity contribution in [3.63, 3.8) is 0 Å². The second-order valence-corrected chi connectivity index (χ2v) is 4.35. The summed E-state index contributed by atoms with van der Waals surface area (Å²) >= 11 is 0. The van der Waals surface area contributed by atoms with Gasteiger partial charge in [0.15, 0.2) is 0 Å². The number of carboxylic acid groups (broad SMARTS) is 1. The number of benzene rings is 2. The van der Waals surface area contributed by atoms with Gasteiger partial charge >= 0.3 is 5.97 Å². The summed E-state index contributed by atoms with van der Waals surface area (Å²) in [6.45, 7) is 0.334. The number of fused-ring (bicyclic) bond motifs is 1. The number of nitrogens with zero attached hydrogens (tertiary/aromatic N) is 3. The van der Waals surface area contributed by atoms with Crippen molar-refractivity contribution in [1.82, 2.24) is 15.0 Å². The third kappa shape index (κ3) is 2.11. The molecular weight excluding hydrogens is 261 g/mol. The summed E-state index contributed by atoms with van der Waals surface area (Å²) in [6.07, 6.45) is 0. The molecule has 0 saturated heterocycles. The van der Waals surface area contributed by atoms with Gasteiger partial charge in [0.1, 0.15) is 16.9 Å². The first kappa shape index (κ1) is 12.3. The molecule has 0 unspecified atom stereocenters. The normalized spacial score (nSPS) is 10.8. The molecule has 0 aliphatic rings. The molecule has 1 heterocycles. The fourth-order valence-electron chi connectivity index (χ4n) is 2.08. The molecule has 1 aromatic heterocycles. The van der Waals surface area contributed by atoms with Crippen LogP contribution in [-0.4, -0.2) is 26.1 Å². The minimum absolute atomic E-state index is 0.148. The maximum atomic E-state index is 12.9. The quantitative estimate of drug-likeness (QED) is 0.793. The summed E-state index contributed by atoms with van der Waals surface area (Å²) < 4.78 is 14.4. The van der Waals surface area contributed by atoms with Crippen molar-refractivity contribution in [2.75, 3.05) is 0 Å². The van der Waals surface area contributed by atoms with Crippen molar-refractivity contribution in [3.8, 4) is 0 Å². The number of rotatable bonds is 3. The van der Waals surface area contributed by atoms with Crippen LogP contribution in [0, 0.1) is 5.82 Å². The number of carboxylic acids is 1. The number of aromatic carboxylic acids is 1. The topological polar surface area (TPSA) is 68.0 Å². The van der Waals surface area contributed by atoms with Crippen LogP contribution in [0.5, 0.6) is 0 Å². The lowest BCUT2D eigenvalue weighted by molar-refractivity contribution is 0.0698. The fraction of sp³-hybridized carbons (Fsp3) is 0.0714. The lowest BCUT2D eigenvalue weighted by Crippen LogP contribution is -2.06. The molecule has 0 amide bonds. The van der Waals surface area contributed by atoms with Crippen LogP contribution in [0.2, 0.25) is 0 Å². The molecule has 6 heteroatoms. The summed E-state index contributed by atoms with van der Waals surface area (Å²) in [5.74, 6) is -1.35. The summed E-state index contributed by atoms with van der Waals surface area (Å²) in [6, 6.07) is 10.8. The molecule has 0 atom stereocenters. The third-order valence-corrected chi connectivity index (χ3v) is 3.01. The smallest absolute Gasteiger partial charge is 0.337 e. The van der Waals surface area contributed by atoms with Crippen LogP contribution in [-0.2, 0) is 6.54 Å². The predicted octanol–water partition coefficient (Wildman–Crippen LogP) is 2.32. The average Bonchev–Trinajstić information content (AvgIpc) is 2.84. The molecule has 2 aromatic carbocycles. The molecule has 3 rings (SSSR count). The number of para-hydroxylation sites is 1. The van der Waals surface area contributed by atoms with Gasteiger partial charge in [-0.3, -0.25) is 0 Å². The van der Waals surface area contributed by atoms with Crippen LogP contribution in [0.25, 0.3) is 11.0 Å². The van der Waals surface area contributed by atoms with Gasteiger partial charge in [0.05, 0.1) is 12.1 Å². The van der Waals surface area contributed by atoms with E-state index in [-0.39, 0.29) is 11.4 Å². The molecule has 20 heavy (non-hydrogen) atoms. The van der Waals surface area contributed by atoms with E-state index in [9.17, 15) is 14.3 Å². The van der Waals surface area contributed by atoms with Gasteiger partial charge in [0.25, 0.3) is 0 Å². The van der Waals surface area contributed by atoms with Gasteiger partial charge in [-0.25, -0.2) is 13.9 Å². The molecular formula is C14H10FN3O2. The Kier molecular flexibility index (Phi) is 2.90. The van der Waals surface area contributed by atoms with E-state index < -0.39 is 5.97 Å². The van der Waals surface area contributed by atoms with Crippen LogP contribution < -0.4 is 0 Å². The molecule has 0 aliphatic carbocycles. The Balaban J connectivity index is 2.07. The molecule has 0 radical (unpaired) electrons. The average molecular weight is 271 g/mol. The number of hydrogen-bond acceptors (Lipinski definition) is 3. The summed E-state index contributed by atoms with van der Waals surface area (Å²) in [5.41, 5.74) is 1.95. The maximum Gasteiger partial charge on any atom is 0.337 e. The van der Waals surface area contributed by atoms with E-state index in [0.717, 1.165) is 5.56 Å². The molecule has 3 aromatic rings. The van der Waals surface area contributed by atoms with Gasteiger partial charge < -0.3 is 5.11 Å². The Labute approximate surface area is 113 Å². The Morgan fingerprint density at radius 1 is 1.20 bits per heavy atom.